The van der Waals surface area contributed by atoms with Gasteiger partial charge in [-0.05, 0) is 39.7 Å². The molecule has 2 rings (SSSR count). The van der Waals surface area contributed by atoms with Crippen molar-refractivity contribution in [2.45, 2.75) is 71.1 Å². The number of ether oxygens (including phenoxy) is 1. The van der Waals surface area contributed by atoms with Crippen LogP contribution in [0.3, 0.4) is 0 Å². The van der Waals surface area contributed by atoms with Gasteiger partial charge in [-0.25, -0.2) is 0 Å². The first kappa shape index (κ1) is 14.4. The number of nitrogens with one attached hydrogen (secondary N) is 1. The van der Waals surface area contributed by atoms with Gasteiger partial charge in [0.15, 0.2) is 0 Å². The first-order valence-corrected chi connectivity index (χ1v) is 7.68. The normalized spacial score (nSPS) is 18.5. The molecule has 1 atom stereocenters. The molecule has 19 heavy (non-hydrogen) atoms. The van der Waals surface area contributed by atoms with Crippen LogP contribution in [-0.2, 0) is 0 Å². The van der Waals surface area contributed by atoms with Gasteiger partial charge in [0, 0.05) is 17.6 Å². The molecular formula is C17H27NO. The molecule has 0 heterocycles. The molecule has 1 saturated carbocycles. The highest BCUT2D eigenvalue weighted by Crippen LogP contribution is 2.28. The Labute approximate surface area is 117 Å². The van der Waals surface area contributed by atoms with Crippen molar-refractivity contribution in [3.05, 3.63) is 29.8 Å². The van der Waals surface area contributed by atoms with E-state index >= 15 is 0 Å². The SMILES string of the molecule is CC(C)Oc1ccccc1C(C)NC1CCCCC1. The molecule has 1 N–H and O–H groups in total. The Balaban J connectivity index is 2.02. The van der Waals surface area contributed by atoms with Gasteiger partial charge in [-0.3, -0.25) is 0 Å². The lowest BCUT2D eigenvalue weighted by Crippen LogP contribution is -2.33. The van der Waals surface area contributed by atoms with Gasteiger partial charge in [0.25, 0.3) is 0 Å². The van der Waals surface area contributed by atoms with E-state index < -0.39 is 0 Å². The van der Waals surface area contributed by atoms with Crippen LogP contribution in [0.4, 0.5) is 0 Å². The van der Waals surface area contributed by atoms with Crippen LogP contribution >= 0.6 is 0 Å². The van der Waals surface area contributed by atoms with Crippen molar-refractivity contribution < 1.29 is 4.74 Å². The highest BCUT2D eigenvalue weighted by Gasteiger charge is 2.18. The molecular weight excluding hydrogens is 234 g/mol. The summed E-state index contributed by atoms with van der Waals surface area (Å²) < 4.78 is 5.92. The number of rotatable bonds is 5. The summed E-state index contributed by atoms with van der Waals surface area (Å²) in [6, 6.07) is 9.44. The van der Waals surface area contributed by atoms with E-state index in [9.17, 15) is 0 Å². The third kappa shape index (κ3) is 4.24. The fraction of sp³-hybridized carbons (Fsp3) is 0.647. The van der Waals surface area contributed by atoms with Crippen LogP contribution in [0.5, 0.6) is 5.75 Å². The summed E-state index contributed by atoms with van der Waals surface area (Å²) in [5, 5.41) is 3.77. The molecule has 1 aliphatic rings. The molecule has 1 aliphatic carbocycles. The zero-order valence-corrected chi connectivity index (χ0v) is 12.5. The second-order valence-corrected chi connectivity index (χ2v) is 5.93. The molecule has 0 aliphatic heterocycles. The molecule has 0 bridgehead atoms. The van der Waals surface area contributed by atoms with Crippen molar-refractivity contribution in [3.8, 4) is 5.75 Å². The van der Waals surface area contributed by atoms with Crippen LogP contribution in [0.1, 0.15) is 64.5 Å². The zero-order chi connectivity index (χ0) is 13.7. The minimum absolute atomic E-state index is 0.225. The van der Waals surface area contributed by atoms with Crippen LogP contribution in [0.2, 0.25) is 0 Å². The van der Waals surface area contributed by atoms with Crippen molar-refractivity contribution in [1.82, 2.24) is 5.32 Å². The third-order valence-corrected chi connectivity index (χ3v) is 3.84. The number of benzene rings is 1. The predicted molar refractivity (Wildman–Crippen MR) is 80.6 cm³/mol. The van der Waals surface area contributed by atoms with E-state index in [0.29, 0.717) is 12.1 Å². The summed E-state index contributed by atoms with van der Waals surface area (Å²) in [7, 11) is 0. The van der Waals surface area contributed by atoms with E-state index in [-0.39, 0.29) is 6.10 Å². The maximum Gasteiger partial charge on any atom is 0.124 e. The Morgan fingerprint density at radius 3 is 2.42 bits per heavy atom. The van der Waals surface area contributed by atoms with Crippen molar-refractivity contribution in [1.29, 1.82) is 0 Å². The largest absolute Gasteiger partial charge is 0.491 e. The molecule has 0 aromatic heterocycles. The van der Waals surface area contributed by atoms with Gasteiger partial charge in [-0.2, -0.15) is 0 Å². The van der Waals surface area contributed by atoms with Crippen molar-refractivity contribution in [2.24, 2.45) is 0 Å². The molecule has 2 nitrogen and oxygen atoms in total. The van der Waals surface area contributed by atoms with Crippen LogP contribution in [0.25, 0.3) is 0 Å². The van der Waals surface area contributed by atoms with Gasteiger partial charge in [-0.1, -0.05) is 37.5 Å². The van der Waals surface area contributed by atoms with E-state index in [1.165, 1.54) is 37.7 Å². The zero-order valence-electron chi connectivity index (χ0n) is 12.5. The van der Waals surface area contributed by atoms with Gasteiger partial charge >= 0.3 is 0 Å². The average molecular weight is 261 g/mol. The predicted octanol–water partition coefficient (Wildman–Crippen LogP) is 4.46. The van der Waals surface area contributed by atoms with Crippen molar-refractivity contribution >= 4 is 0 Å². The molecule has 106 valence electrons. The van der Waals surface area contributed by atoms with Crippen LogP contribution in [0.15, 0.2) is 24.3 Å². The number of para-hydroxylation sites is 1. The third-order valence-electron chi connectivity index (χ3n) is 3.84. The van der Waals surface area contributed by atoms with E-state index in [2.05, 4.69) is 50.4 Å². The molecule has 0 radical (unpaired) electrons. The topological polar surface area (TPSA) is 21.3 Å². The second kappa shape index (κ2) is 6.95. The summed E-state index contributed by atoms with van der Waals surface area (Å²) in [6.07, 6.45) is 7.00. The molecule has 0 saturated heterocycles. The lowest BCUT2D eigenvalue weighted by Gasteiger charge is -2.28. The molecule has 1 aromatic carbocycles. The van der Waals surface area contributed by atoms with E-state index in [4.69, 9.17) is 4.74 Å². The van der Waals surface area contributed by atoms with E-state index in [1.807, 2.05) is 0 Å². The highest BCUT2D eigenvalue weighted by molar-refractivity contribution is 5.35. The van der Waals surface area contributed by atoms with Gasteiger partial charge in [-0.15, -0.1) is 0 Å². The van der Waals surface area contributed by atoms with E-state index in [0.717, 1.165) is 5.75 Å². The Kier molecular flexibility index (Phi) is 5.26. The van der Waals surface area contributed by atoms with Crippen LogP contribution < -0.4 is 10.1 Å². The maximum absolute atomic E-state index is 5.92. The summed E-state index contributed by atoms with van der Waals surface area (Å²) in [6.45, 7) is 6.41. The first-order chi connectivity index (χ1) is 9.16. The second-order valence-electron chi connectivity index (χ2n) is 5.93. The Hall–Kier alpha value is -1.02. The van der Waals surface area contributed by atoms with Gasteiger partial charge in [0.05, 0.1) is 6.10 Å². The quantitative estimate of drug-likeness (QED) is 0.845. The minimum Gasteiger partial charge on any atom is -0.491 e. The first-order valence-electron chi connectivity index (χ1n) is 7.68. The fourth-order valence-electron chi connectivity index (χ4n) is 2.91. The molecule has 1 aromatic rings. The van der Waals surface area contributed by atoms with Gasteiger partial charge in [0.1, 0.15) is 5.75 Å². The molecule has 0 spiro atoms. The van der Waals surface area contributed by atoms with Gasteiger partial charge in [0.2, 0.25) is 0 Å². The van der Waals surface area contributed by atoms with E-state index in [1.54, 1.807) is 0 Å². The molecule has 1 unspecified atom stereocenters. The van der Waals surface area contributed by atoms with Crippen LogP contribution in [0, 0.1) is 0 Å². The Morgan fingerprint density at radius 2 is 1.74 bits per heavy atom. The summed E-state index contributed by atoms with van der Waals surface area (Å²) in [4.78, 5) is 0. The van der Waals surface area contributed by atoms with Gasteiger partial charge < -0.3 is 10.1 Å². The van der Waals surface area contributed by atoms with Crippen LogP contribution in [-0.4, -0.2) is 12.1 Å². The maximum atomic E-state index is 5.92. The Bertz CT molecular complexity index is 383. The summed E-state index contributed by atoms with van der Waals surface area (Å²) in [5.74, 6) is 1.02. The lowest BCUT2D eigenvalue weighted by atomic mass is 9.94. The fourth-order valence-corrected chi connectivity index (χ4v) is 2.91. The molecule has 0 amide bonds. The Morgan fingerprint density at radius 1 is 1.05 bits per heavy atom. The molecule has 2 heteroatoms. The minimum atomic E-state index is 0.225. The number of hydrogen-bond donors (Lipinski definition) is 1. The monoisotopic (exact) mass is 261 g/mol. The average Bonchev–Trinajstić information content (AvgIpc) is 2.39. The smallest absolute Gasteiger partial charge is 0.124 e. The lowest BCUT2D eigenvalue weighted by molar-refractivity contribution is 0.236. The summed E-state index contributed by atoms with van der Waals surface area (Å²) in [5.41, 5.74) is 1.28. The summed E-state index contributed by atoms with van der Waals surface area (Å²) >= 11 is 0. The molecule has 1 fully saturated rings. The highest BCUT2D eigenvalue weighted by atomic mass is 16.5. The van der Waals surface area contributed by atoms with Crippen molar-refractivity contribution in [2.75, 3.05) is 0 Å². The number of hydrogen-bond acceptors (Lipinski definition) is 2. The standard InChI is InChI=1S/C17H27NO/c1-13(2)19-17-12-8-7-11-16(17)14(3)18-15-9-5-4-6-10-15/h7-8,11-15,18H,4-6,9-10H2,1-3H3. The van der Waals surface area contributed by atoms with Crippen molar-refractivity contribution in [3.63, 3.8) is 0 Å².